The summed E-state index contributed by atoms with van der Waals surface area (Å²) in [6.45, 7) is 2.31. The Hall–Kier alpha value is -1.74. The molecule has 1 aromatic carbocycles. The Bertz CT molecular complexity index is 769. The fourth-order valence-electron chi connectivity index (χ4n) is 4.35. The van der Waals surface area contributed by atoms with Gasteiger partial charge in [-0.25, -0.2) is 9.18 Å². The number of rotatable bonds is 6. The van der Waals surface area contributed by atoms with Gasteiger partial charge in [-0.05, 0) is 51.3 Å². The lowest BCUT2D eigenvalue weighted by Gasteiger charge is -2.45. The SMILES string of the molecule is CC(OC(=O)N1CCC2(CCCN2Cc2ccc(Cl)cc2OCCF)CC1)C(F)(F)F. The van der Waals surface area contributed by atoms with Crippen molar-refractivity contribution in [3.63, 3.8) is 0 Å². The van der Waals surface area contributed by atoms with Gasteiger partial charge in [0.05, 0.1) is 0 Å². The molecule has 0 bridgehead atoms. The lowest BCUT2D eigenvalue weighted by molar-refractivity contribution is -0.200. The number of ether oxygens (including phenoxy) is 2. The molecule has 0 radical (unpaired) electrons. The average molecular weight is 467 g/mol. The summed E-state index contributed by atoms with van der Waals surface area (Å²) in [5.74, 6) is 0.550. The quantitative estimate of drug-likeness (QED) is 0.540. The lowest BCUT2D eigenvalue weighted by atomic mass is 9.85. The molecule has 5 nitrogen and oxygen atoms in total. The van der Waals surface area contributed by atoms with Crippen LogP contribution in [0.1, 0.15) is 38.2 Å². The summed E-state index contributed by atoms with van der Waals surface area (Å²) in [4.78, 5) is 15.8. The second-order valence-corrected chi connectivity index (χ2v) is 8.53. The van der Waals surface area contributed by atoms with Gasteiger partial charge >= 0.3 is 12.3 Å². The molecule has 31 heavy (non-hydrogen) atoms. The van der Waals surface area contributed by atoms with E-state index in [1.54, 1.807) is 12.1 Å². The van der Waals surface area contributed by atoms with Crippen LogP contribution in [0.25, 0.3) is 0 Å². The van der Waals surface area contributed by atoms with Crippen molar-refractivity contribution < 1.29 is 31.8 Å². The molecule has 1 aromatic rings. The Labute approximate surface area is 184 Å². The molecule has 1 unspecified atom stereocenters. The first-order chi connectivity index (χ1) is 14.6. The molecular formula is C21H27ClF4N2O3. The van der Waals surface area contributed by atoms with Crippen LogP contribution < -0.4 is 4.74 Å². The van der Waals surface area contributed by atoms with E-state index in [0.717, 1.165) is 31.9 Å². The molecule has 3 rings (SSSR count). The van der Waals surface area contributed by atoms with Crippen molar-refractivity contribution in [1.82, 2.24) is 9.80 Å². The van der Waals surface area contributed by atoms with E-state index in [4.69, 9.17) is 16.3 Å². The van der Waals surface area contributed by atoms with Gasteiger partial charge in [-0.3, -0.25) is 4.90 Å². The highest BCUT2D eigenvalue weighted by atomic mass is 35.5. The molecule has 10 heteroatoms. The number of alkyl halides is 4. The number of piperidine rings is 1. The van der Waals surface area contributed by atoms with Crippen LogP contribution in [0.15, 0.2) is 18.2 Å². The molecule has 0 aliphatic carbocycles. The van der Waals surface area contributed by atoms with Crippen LogP contribution in [0.2, 0.25) is 5.02 Å². The molecule has 1 amide bonds. The van der Waals surface area contributed by atoms with E-state index in [-0.39, 0.29) is 12.1 Å². The second-order valence-electron chi connectivity index (χ2n) is 8.09. The monoisotopic (exact) mass is 466 g/mol. The van der Waals surface area contributed by atoms with Crippen molar-refractivity contribution >= 4 is 17.7 Å². The highest BCUT2D eigenvalue weighted by Crippen LogP contribution is 2.40. The Kier molecular flexibility index (Phi) is 7.57. The first-order valence-electron chi connectivity index (χ1n) is 10.4. The fraction of sp³-hybridized carbons (Fsp3) is 0.667. The Morgan fingerprint density at radius 1 is 1.23 bits per heavy atom. The summed E-state index contributed by atoms with van der Waals surface area (Å²) in [6, 6.07) is 5.31. The van der Waals surface area contributed by atoms with Gasteiger partial charge in [-0.15, -0.1) is 0 Å². The number of carbonyl (C=O) groups is 1. The van der Waals surface area contributed by atoms with Gasteiger partial charge in [-0.2, -0.15) is 13.2 Å². The van der Waals surface area contributed by atoms with Gasteiger partial charge in [-0.1, -0.05) is 17.7 Å². The maximum Gasteiger partial charge on any atom is 0.425 e. The molecule has 2 heterocycles. The Morgan fingerprint density at radius 3 is 2.58 bits per heavy atom. The second kappa shape index (κ2) is 9.81. The standard InChI is InChI=1S/C21H27ClF4N2O3/c1-15(21(24,25)26)31-19(29)27-10-6-20(7-11-27)5-2-9-28(20)14-16-3-4-17(22)13-18(16)30-12-8-23/h3-4,13,15H,2,5-12,14H2,1H3. The number of halogens is 5. The van der Waals surface area contributed by atoms with Crippen LogP contribution in [0.4, 0.5) is 22.4 Å². The molecule has 2 aliphatic rings. The number of likely N-dealkylation sites (tertiary alicyclic amines) is 2. The third-order valence-electron chi connectivity index (χ3n) is 6.16. The zero-order valence-electron chi connectivity index (χ0n) is 17.4. The minimum Gasteiger partial charge on any atom is -0.490 e. The van der Waals surface area contributed by atoms with Crippen LogP contribution >= 0.6 is 11.6 Å². The number of nitrogens with zero attached hydrogens (tertiary/aromatic N) is 2. The lowest BCUT2D eigenvalue weighted by Crippen LogP contribution is -2.53. The van der Waals surface area contributed by atoms with E-state index < -0.39 is 25.0 Å². The van der Waals surface area contributed by atoms with Gasteiger partial charge in [0.15, 0.2) is 6.10 Å². The van der Waals surface area contributed by atoms with Crippen LogP contribution in [0.3, 0.4) is 0 Å². The van der Waals surface area contributed by atoms with Crippen LogP contribution in [-0.2, 0) is 11.3 Å². The van der Waals surface area contributed by atoms with Gasteiger partial charge < -0.3 is 14.4 Å². The number of benzene rings is 1. The van der Waals surface area contributed by atoms with Gasteiger partial charge in [0.1, 0.15) is 19.0 Å². The maximum atomic E-state index is 12.7. The normalized spacial score (nSPS) is 20.1. The molecule has 0 saturated carbocycles. The molecule has 2 aliphatic heterocycles. The first kappa shape index (κ1) is 23.9. The van der Waals surface area contributed by atoms with Crippen molar-refractivity contribution in [3.05, 3.63) is 28.8 Å². The van der Waals surface area contributed by atoms with Crippen molar-refractivity contribution in [1.29, 1.82) is 0 Å². The minimum atomic E-state index is -4.57. The van der Waals surface area contributed by atoms with Crippen molar-refractivity contribution in [3.8, 4) is 5.75 Å². The minimum absolute atomic E-state index is 0.0497. The number of hydrogen-bond donors (Lipinski definition) is 0. The van der Waals surface area contributed by atoms with E-state index in [1.165, 1.54) is 4.90 Å². The Balaban J connectivity index is 1.63. The number of amides is 1. The molecule has 1 atom stereocenters. The van der Waals surface area contributed by atoms with E-state index >= 15 is 0 Å². The summed E-state index contributed by atoms with van der Waals surface area (Å²) in [6.07, 6.45) is -4.40. The van der Waals surface area contributed by atoms with E-state index in [2.05, 4.69) is 9.64 Å². The van der Waals surface area contributed by atoms with Crippen molar-refractivity contribution in [2.24, 2.45) is 0 Å². The van der Waals surface area contributed by atoms with Gasteiger partial charge in [0.25, 0.3) is 0 Å². The largest absolute Gasteiger partial charge is 0.490 e. The maximum absolute atomic E-state index is 12.7. The molecule has 174 valence electrons. The fourth-order valence-corrected chi connectivity index (χ4v) is 4.51. The number of hydrogen-bond acceptors (Lipinski definition) is 4. The summed E-state index contributed by atoms with van der Waals surface area (Å²) >= 11 is 6.06. The van der Waals surface area contributed by atoms with Gasteiger partial charge in [0.2, 0.25) is 0 Å². The predicted molar refractivity (Wildman–Crippen MR) is 108 cm³/mol. The molecule has 2 fully saturated rings. The van der Waals surface area contributed by atoms with Crippen molar-refractivity contribution in [2.45, 2.75) is 57.0 Å². The van der Waals surface area contributed by atoms with Crippen LogP contribution in [-0.4, -0.2) is 66.6 Å². The highest BCUT2D eigenvalue weighted by molar-refractivity contribution is 6.30. The number of carbonyl (C=O) groups excluding carboxylic acids is 1. The molecular weight excluding hydrogens is 440 g/mol. The predicted octanol–water partition coefficient (Wildman–Crippen LogP) is 5.21. The average Bonchev–Trinajstić information content (AvgIpc) is 3.09. The summed E-state index contributed by atoms with van der Waals surface area (Å²) in [7, 11) is 0. The molecule has 0 N–H and O–H groups in total. The first-order valence-corrected chi connectivity index (χ1v) is 10.8. The topological polar surface area (TPSA) is 42.0 Å². The van der Waals surface area contributed by atoms with Crippen LogP contribution in [0.5, 0.6) is 5.75 Å². The molecule has 0 aromatic heterocycles. The zero-order valence-corrected chi connectivity index (χ0v) is 18.1. The van der Waals surface area contributed by atoms with E-state index in [0.29, 0.717) is 43.2 Å². The highest BCUT2D eigenvalue weighted by Gasteiger charge is 2.45. The van der Waals surface area contributed by atoms with E-state index in [1.807, 2.05) is 6.07 Å². The van der Waals surface area contributed by atoms with Crippen LogP contribution in [0, 0.1) is 0 Å². The summed E-state index contributed by atoms with van der Waals surface area (Å²) in [5, 5.41) is 0.508. The molecule has 2 saturated heterocycles. The van der Waals surface area contributed by atoms with E-state index in [9.17, 15) is 22.4 Å². The smallest absolute Gasteiger partial charge is 0.425 e. The Morgan fingerprint density at radius 2 is 1.94 bits per heavy atom. The summed E-state index contributed by atoms with van der Waals surface area (Å²) < 4.78 is 60.7. The third-order valence-corrected chi connectivity index (χ3v) is 6.39. The van der Waals surface area contributed by atoms with Gasteiger partial charge in [0, 0.05) is 35.8 Å². The summed E-state index contributed by atoms with van der Waals surface area (Å²) in [5.41, 5.74) is 0.767. The third kappa shape index (κ3) is 5.74. The molecule has 1 spiro atoms. The zero-order chi connectivity index (χ0) is 22.6. The van der Waals surface area contributed by atoms with Crippen molar-refractivity contribution in [2.75, 3.05) is 32.9 Å².